The molecule has 0 aliphatic carbocycles. The normalized spacial score (nSPS) is 11.9. The Morgan fingerprint density at radius 2 is 1.76 bits per heavy atom. The van der Waals surface area contributed by atoms with Crippen LogP contribution in [0.5, 0.6) is 0 Å². The lowest BCUT2D eigenvalue weighted by atomic mass is 10.1. The van der Waals surface area contributed by atoms with E-state index in [1.165, 1.54) is 0 Å². The van der Waals surface area contributed by atoms with Gasteiger partial charge < -0.3 is 10.4 Å². The second kappa shape index (κ2) is 7.77. The summed E-state index contributed by atoms with van der Waals surface area (Å²) >= 11 is 0. The minimum absolute atomic E-state index is 0.126. The molecule has 128 valence electrons. The van der Waals surface area contributed by atoms with E-state index >= 15 is 0 Å². The van der Waals surface area contributed by atoms with E-state index < -0.39 is 0 Å². The lowest BCUT2D eigenvalue weighted by Crippen LogP contribution is -2.39. The Balaban J connectivity index is 1.79. The van der Waals surface area contributed by atoms with Crippen LogP contribution in [0.2, 0.25) is 0 Å². The molecule has 1 aromatic heterocycles. The lowest BCUT2D eigenvalue weighted by Gasteiger charge is -2.17. The predicted octanol–water partition coefficient (Wildman–Crippen LogP) is 2.51. The molecule has 0 saturated carbocycles. The fraction of sp³-hybridized carbons (Fsp3) is 0.200. The van der Waals surface area contributed by atoms with Gasteiger partial charge in [-0.25, -0.2) is 4.68 Å². The minimum Gasteiger partial charge on any atom is -0.394 e. The summed E-state index contributed by atoms with van der Waals surface area (Å²) in [5.74, 6) is -0.251. The average Bonchev–Trinajstić information content (AvgIpc) is 3.04. The Labute approximate surface area is 146 Å². The van der Waals surface area contributed by atoms with Gasteiger partial charge in [0.2, 0.25) is 0 Å². The average molecular weight is 335 g/mol. The maximum atomic E-state index is 12.7. The van der Waals surface area contributed by atoms with Crippen molar-refractivity contribution in [2.24, 2.45) is 0 Å². The zero-order chi connectivity index (χ0) is 17.6. The van der Waals surface area contributed by atoms with E-state index in [1.807, 2.05) is 67.6 Å². The fourth-order valence-electron chi connectivity index (χ4n) is 2.75. The molecule has 0 radical (unpaired) electrons. The Morgan fingerprint density at radius 1 is 1.12 bits per heavy atom. The first-order valence-corrected chi connectivity index (χ1v) is 8.25. The van der Waals surface area contributed by atoms with Crippen molar-refractivity contribution in [2.45, 2.75) is 19.4 Å². The van der Waals surface area contributed by atoms with Crippen molar-refractivity contribution in [3.8, 4) is 5.69 Å². The second-order valence-corrected chi connectivity index (χ2v) is 5.96. The van der Waals surface area contributed by atoms with Gasteiger partial charge in [-0.1, -0.05) is 48.5 Å². The van der Waals surface area contributed by atoms with E-state index in [4.69, 9.17) is 0 Å². The molecule has 2 aromatic carbocycles. The third kappa shape index (κ3) is 4.14. The maximum Gasteiger partial charge on any atom is 0.270 e. The molecule has 0 unspecified atom stereocenters. The molecule has 0 saturated heterocycles. The molecule has 5 nitrogen and oxygen atoms in total. The zero-order valence-electron chi connectivity index (χ0n) is 14.1. The summed E-state index contributed by atoms with van der Waals surface area (Å²) in [5.41, 5.74) is 3.10. The van der Waals surface area contributed by atoms with Crippen molar-refractivity contribution < 1.29 is 9.90 Å². The van der Waals surface area contributed by atoms with Crippen LogP contribution in [0.15, 0.2) is 66.7 Å². The van der Waals surface area contributed by atoms with Gasteiger partial charge in [0.05, 0.1) is 24.0 Å². The third-order valence-electron chi connectivity index (χ3n) is 3.95. The maximum absolute atomic E-state index is 12.7. The first kappa shape index (κ1) is 16.9. The van der Waals surface area contributed by atoms with Gasteiger partial charge in [-0.15, -0.1) is 0 Å². The molecular formula is C20H21N3O2. The quantitative estimate of drug-likeness (QED) is 0.727. The van der Waals surface area contributed by atoms with E-state index in [9.17, 15) is 9.90 Å². The summed E-state index contributed by atoms with van der Waals surface area (Å²) in [6.45, 7) is 1.73. The van der Waals surface area contributed by atoms with Crippen molar-refractivity contribution >= 4 is 5.91 Å². The van der Waals surface area contributed by atoms with Gasteiger partial charge in [0.25, 0.3) is 5.91 Å². The topological polar surface area (TPSA) is 67.2 Å². The predicted molar refractivity (Wildman–Crippen MR) is 96.8 cm³/mol. The van der Waals surface area contributed by atoms with E-state index in [2.05, 4.69) is 10.4 Å². The number of para-hydroxylation sites is 1. The number of rotatable bonds is 6. The molecular weight excluding hydrogens is 314 g/mol. The molecule has 0 aliphatic rings. The summed E-state index contributed by atoms with van der Waals surface area (Å²) in [4.78, 5) is 12.7. The number of hydrogen-bond acceptors (Lipinski definition) is 3. The van der Waals surface area contributed by atoms with Gasteiger partial charge >= 0.3 is 0 Å². The summed E-state index contributed by atoms with van der Waals surface area (Å²) in [6.07, 6.45) is 0.571. The van der Waals surface area contributed by atoms with E-state index in [0.717, 1.165) is 16.9 Å². The smallest absolute Gasteiger partial charge is 0.270 e. The van der Waals surface area contributed by atoms with Gasteiger partial charge in [0.1, 0.15) is 5.69 Å². The van der Waals surface area contributed by atoms with Crippen molar-refractivity contribution in [3.05, 3.63) is 83.7 Å². The first-order chi connectivity index (χ1) is 12.2. The van der Waals surface area contributed by atoms with E-state index in [1.54, 1.807) is 10.7 Å². The van der Waals surface area contributed by atoms with Gasteiger partial charge in [0.15, 0.2) is 0 Å². The number of nitrogens with one attached hydrogen (secondary N) is 1. The third-order valence-corrected chi connectivity index (χ3v) is 3.95. The number of benzene rings is 2. The van der Waals surface area contributed by atoms with Crippen LogP contribution < -0.4 is 5.32 Å². The Morgan fingerprint density at radius 3 is 2.40 bits per heavy atom. The summed E-state index contributed by atoms with van der Waals surface area (Å²) in [5, 5.41) is 17.0. The minimum atomic E-state index is -0.352. The van der Waals surface area contributed by atoms with Crippen LogP contribution in [-0.2, 0) is 6.42 Å². The highest BCUT2D eigenvalue weighted by Gasteiger charge is 2.19. The van der Waals surface area contributed by atoms with E-state index in [0.29, 0.717) is 12.1 Å². The molecule has 0 bridgehead atoms. The largest absolute Gasteiger partial charge is 0.394 e. The lowest BCUT2D eigenvalue weighted by molar-refractivity contribution is 0.0908. The van der Waals surface area contributed by atoms with Crippen LogP contribution in [0.4, 0.5) is 0 Å². The molecule has 25 heavy (non-hydrogen) atoms. The highest BCUT2D eigenvalue weighted by molar-refractivity contribution is 5.93. The Kier molecular flexibility index (Phi) is 5.26. The molecule has 2 N–H and O–H groups in total. The highest BCUT2D eigenvalue weighted by atomic mass is 16.3. The molecule has 1 atom stereocenters. The molecule has 0 aliphatic heterocycles. The monoisotopic (exact) mass is 335 g/mol. The molecule has 5 heteroatoms. The van der Waals surface area contributed by atoms with Crippen LogP contribution >= 0.6 is 0 Å². The highest BCUT2D eigenvalue weighted by Crippen LogP contribution is 2.13. The molecule has 1 heterocycles. The SMILES string of the molecule is Cc1cc(C(=O)N[C@H](CO)Cc2ccccc2)n(-c2ccccc2)n1. The Hall–Kier alpha value is -2.92. The number of hydrogen-bond donors (Lipinski definition) is 2. The summed E-state index contributed by atoms with van der Waals surface area (Å²) in [7, 11) is 0. The molecule has 0 spiro atoms. The zero-order valence-corrected chi connectivity index (χ0v) is 14.1. The van der Waals surface area contributed by atoms with Crippen molar-refractivity contribution in [2.75, 3.05) is 6.61 Å². The molecule has 3 rings (SSSR count). The van der Waals surface area contributed by atoms with Crippen molar-refractivity contribution in [1.82, 2.24) is 15.1 Å². The number of carbonyl (C=O) groups is 1. The van der Waals surface area contributed by atoms with Gasteiger partial charge in [0, 0.05) is 0 Å². The number of amides is 1. The standard InChI is InChI=1S/C20H21N3O2/c1-15-12-19(23(22-15)18-10-6-3-7-11-18)20(25)21-17(14-24)13-16-8-4-2-5-9-16/h2-12,17,24H,13-14H2,1H3,(H,21,25)/t17-/m0/s1. The number of nitrogens with zero attached hydrogens (tertiary/aromatic N) is 2. The van der Waals surface area contributed by atoms with Crippen LogP contribution in [0.3, 0.4) is 0 Å². The van der Waals surface area contributed by atoms with Crippen molar-refractivity contribution in [3.63, 3.8) is 0 Å². The van der Waals surface area contributed by atoms with Gasteiger partial charge in [-0.2, -0.15) is 5.10 Å². The van der Waals surface area contributed by atoms with Crippen LogP contribution in [0.1, 0.15) is 21.7 Å². The number of aliphatic hydroxyl groups excluding tert-OH is 1. The van der Waals surface area contributed by atoms with Gasteiger partial charge in [-0.3, -0.25) is 4.79 Å². The first-order valence-electron chi connectivity index (χ1n) is 8.25. The second-order valence-electron chi connectivity index (χ2n) is 5.96. The number of aliphatic hydroxyl groups is 1. The number of aromatic nitrogens is 2. The van der Waals surface area contributed by atoms with Crippen LogP contribution in [-0.4, -0.2) is 33.4 Å². The van der Waals surface area contributed by atoms with Crippen LogP contribution in [0.25, 0.3) is 5.69 Å². The van der Waals surface area contributed by atoms with Gasteiger partial charge in [-0.05, 0) is 37.1 Å². The van der Waals surface area contributed by atoms with Crippen LogP contribution in [0, 0.1) is 6.92 Å². The molecule has 3 aromatic rings. The summed E-state index contributed by atoms with van der Waals surface area (Å²) in [6, 6.07) is 20.7. The summed E-state index contributed by atoms with van der Waals surface area (Å²) < 4.78 is 1.63. The molecule has 0 fully saturated rings. The van der Waals surface area contributed by atoms with E-state index in [-0.39, 0.29) is 18.6 Å². The fourth-order valence-corrected chi connectivity index (χ4v) is 2.75. The number of aryl methyl sites for hydroxylation is 1. The molecule has 1 amide bonds. The van der Waals surface area contributed by atoms with Crippen molar-refractivity contribution in [1.29, 1.82) is 0 Å². The Bertz CT molecular complexity index is 829. The number of carbonyl (C=O) groups excluding carboxylic acids is 1.